The van der Waals surface area contributed by atoms with Gasteiger partial charge in [0.05, 0.1) is 5.92 Å². The van der Waals surface area contributed by atoms with Gasteiger partial charge in [-0.15, -0.1) is 0 Å². The molecular weight excluding hydrogens is 224 g/mol. The monoisotopic (exact) mass is 254 g/mol. The van der Waals surface area contributed by atoms with E-state index < -0.39 is 0 Å². The second kappa shape index (κ2) is 8.52. The number of carbonyl (C=O) groups excluding carboxylic acids is 1. The largest absolute Gasteiger partial charge is 0.356 e. The number of hydrogen-bond donors (Lipinski definition) is 2. The Kier molecular flexibility index (Phi) is 7.33. The van der Waals surface area contributed by atoms with Crippen LogP contribution in [0.3, 0.4) is 0 Å². The summed E-state index contributed by atoms with van der Waals surface area (Å²) in [6.07, 6.45) is 8.47. The van der Waals surface area contributed by atoms with E-state index in [1.54, 1.807) is 0 Å². The molecule has 1 aliphatic carbocycles. The Morgan fingerprint density at radius 1 is 1.33 bits per heavy atom. The average molecular weight is 254 g/mol. The smallest absolute Gasteiger partial charge is 0.224 e. The van der Waals surface area contributed by atoms with E-state index in [0.717, 1.165) is 37.6 Å². The predicted molar refractivity (Wildman–Crippen MR) is 76.2 cm³/mol. The first-order valence-corrected chi connectivity index (χ1v) is 7.65. The summed E-state index contributed by atoms with van der Waals surface area (Å²) in [5, 5.41) is 3.06. The van der Waals surface area contributed by atoms with Crippen LogP contribution in [0.4, 0.5) is 0 Å². The maximum absolute atomic E-state index is 11.9. The molecule has 0 radical (unpaired) electrons. The number of carbonyl (C=O) groups is 1. The first-order chi connectivity index (χ1) is 8.67. The van der Waals surface area contributed by atoms with Gasteiger partial charge in [-0.1, -0.05) is 46.0 Å². The van der Waals surface area contributed by atoms with Gasteiger partial charge in [0.2, 0.25) is 5.91 Å². The quantitative estimate of drug-likeness (QED) is 0.734. The maximum atomic E-state index is 11.9. The second-order valence-electron chi connectivity index (χ2n) is 5.93. The summed E-state index contributed by atoms with van der Waals surface area (Å²) in [6.45, 7) is 5.74. The third-order valence-corrected chi connectivity index (χ3v) is 4.28. The van der Waals surface area contributed by atoms with Crippen molar-refractivity contribution >= 4 is 5.91 Å². The van der Waals surface area contributed by atoms with Gasteiger partial charge in [0.15, 0.2) is 0 Å². The summed E-state index contributed by atoms with van der Waals surface area (Å²) in [7, 11) is 0. The van der Waals surface area contributed by atoms with Crippen LogP contribution < -0.4 is 11.1 Å². The lowest BCUT2D eigenvalue weighted by Gasteiger charge is -2.26. The average Bonchev–Trinajstić information content (AvgIpc) is 2.38. The SMILES string of the molecule is CCCC(CN)C(=O)NCCC1CCC(C)CC1. The zero-order valence-corrected chi connectivity index (χ0v) is 12.1. The Morgan fingerprint density at radius 3 is 2.56 bits per heavy atom. The molecule has 0 bridgehead atoms. The molecule has 3 N–H and O–H groups in total. The summed E-state index contributed by atoms with van der Waals surface area (Å²) in [6, 6.07) is 0. The van der Waals surface area contributed by atoms with Crippen LogP contribution in [0, 0.1) is 17.8 Å². The Bertz CT molecular complexity index is 235. The first kappa shape index (κ1) is 15.5. The predicted octanol–water partition coefficient (Wildman–Crippen LogP) is 2.69. The highest BCUT2D eigenvalue weighted by Crippen LogP contribution is 2.29. The molecular formula is C15H30N2O. The minimum absolute atomic E-state index is 0.0152. The van der Waals surface area contributed by atoms with E-state index in [9.17, 15) is 4.79 Å². The molecule has 1 saturated carbocycles. The molecule has 1 atom stereocenters. The Balaban J connectivity index is 2.14. The van der Waals surface area contributed by atoms with Gasteiger partial charge < -0.3 is 11.1 Å². The van der Waals surface area contributed by atoms with Gasteiger partial charge in [0, 0.05) is 13.1 Å². The number of rotatable bonds is 7. The summed E-state index contributed by atoms with van der Waals surface area (Å²) >= 11 is 0. The topological polar surface area (TPSA) is 55.1 Å². The van der Waals surface area contributed by atoms with Gasteiger partial charge in [0.1, 0.15) is 0 Å². The van der Waals surface area contributed by atoms with Crippen molar-refractivity contribution in [3.8, 4) is 0 Å². The van der Waals surface area contributed by atoms with E-state index >= 15 is 0 Å². The molecule has 1 fully saturated rings. The van der Waals surface area contributed by atoms with Gasteiger partial charge in [-0.05, 0) is 24.7 Å². The fraction of sp³-hybridized carbons (Fsp3) is 0.933. The molecule has 0 heterocycles. The van der Waals surface area contributed by atoms with Crippen molar-refractivity contribution in [3.63, 3.8) is 0 Å². The third-order valence-electron chi connectivity index (χ3n) is 4.28. The number of hydrogen-bond acceptors (Lipinski definition) is 2. The van der Waals surface area contributed by atoms with Crippen LogP contribution >= 0.6 is 0 Å². The van der Waals surface area contributed by atoms with Crippen LogP contribution in [0.5, 0.6) is 0 Å². The van der Waals surface area contributed by atoms with Crippen LogP contribution in [0.25, 0.3) is 0 Å². The lowest BCUT2D eigenvalue weighted by molar-refractivity contribution is -0.124. The first-order valence-electron chi connectivity index (χ1n) is 7.65. The van der Waals surface area contributed by atoms with Crippen LogP contribution in [0.2, 0.25) is 0 Å². The fourth-order valence-electron chi connectivity index (χ4n) is 2.87. The van der Waals surface area contributed by atoms with Crippen molar-refractivity contribution in [1.82, 2.24) is 5.32 Å². The normalized spacial score (nSPS) is 25.7. The Labute approximate surface area is 112 Å². The van der Waals surface area contributed by atoms with Gasteiger partial charge in [-0.3, -0.25) is 4.79 Å². The van der Waals surface area contributed by atoms with Gasteiger partial charge in [-0.25, -0.2) is 0 Å². The van der Waals surface area contributed by atoms with E-state index in [1.165, 1.54) is 25.7 Å². The molecule has 1 rings (SSSR count). The van der Waals surface area contributed by atoms with Gasteiger partial charge >= 0.3 is 0 Å². The van der Waals surface area contributed by atoms with E-state index in [0.29, 0.717) is 6.54 Å². The number of nitrogens with one attached hydrogen (secondary N) is 1. The lowest BCUT2D eigenvalue weighted by atomic mass is 9.81. The van der Waals surface area contributed by atoms with E-state index in [4.69, 9.17) is 5.73 Å². The molecule has 106 valence electrons. The molecule has 0 aromatic rings. The van der Waals surface area contributed by atoms with E-state index in [2.05, 4.69) is 19.2 Å². The zero-order valence-electron chi connectivity index (χ0n) is 12.1. The summed E-state index contributed by atoms with van der Waals surface area (Å²) in [5.41, 5.74) is 5.63. The molecule has 1 aliphatic rings. The molecule has 0 aliphatic heterocycles. The van der Waals surface area contributed by atoms with Crippen LogP contribution in [0.15, 0.2) is 0 Å². The van der Waals surface area contributed by atoms with Crippen molar-refractivity contribution < 1.29 is 4.79 Å². The molecule has 3 heteroatoms. The van der Waals surface area contributed by atoms with Crippen LogP contribution in [0.1, 0.15) is 58.8 Å². The summed E-state index contributed by atoms with van der Waals surface area (Å²) in [4.78, 5) is 11.9. The van der Waals surface area contributed by atoms with Crippen LogP contribution in [-0.2, 0) is 4.79 Å². The molecule has 18 heavy (non-hydrogen) atoms. The molecule has 1 amide bonds. The molecule has 3 nitrogen and oxygen atoms in total. The van der Waals surface area contributed by atoms with E-state index in [1.807, 2.05) is 0 Å². The minimum Gasteiger partial charge on any atom is -0.356 e. The highest BCUT2D eigenvalue weighted by molar-refractivity contribution is 5.78. The van der Waals surface area contributed by atoms with Crippen molar-refractivity contribution in [1.29, 1.82) is 0 Å². The Hall–Kier alpha value is -0.570. The minimum atomic E-state index is 0.0152. The van der Waals surface area contributed by atoms with Gasteiger partial charge in [-0.2, -0.15) is 0 Å². The number of nitrogens with two attached hydrogens (primary N) is 1. The summed E-state index contributed by atoms with van der Waals surface area (Å²) < 4.78 is 0. The standard InChI is InChI=1S/C15H30N2O/c1-3-4-14(11-16)15(18)17-10-9-13-7-5-12(2)6-8-13/h12-14H,3-11,16H2,1-2H3,(H,17,18). The molecule has 0 spiro atoms. The summed E-state index contributed by atoms with van der Waals surface area (Å²) in [5.74, 6) is 1.90. The van der Waals surface area contributed by atoms with Crippen LogP contribution in [-0.4, -0.2) is 19.0 Å². The zero-order chi connectivity index (χ0) is 13.4. The highest BCUT2D eigenvalue weighted by Gasteiger charge is 2.19. The van der Waals surface area contributed by atoms with E-state index in [-0.39, 0.29) is 11.8 Å². The van der Waals surface area contributed by atoms with Crippen molar-refractivity contribution in [2.75, 3.05) is 13.1 Å². The third kappa shape index (κ3) is 5.38. The van der Waals surface area contributed by atoms with Crippen molar-refractivity contribution in [2.24, 2.45) is 23.5 Å². The number of amides is 1. The lowest BCUT2D eigenvalue weighted by Crippen LogP contribution is -2.36. The Morgan fingerprint density at radius 2 is 2.00 bits per heavy atom. The molecule has 0 aromatic carbocycles. The second-order valence-corrected chi connectivity index (χ2v) is 5.93. The molecule has 1 unspecified atom stereocenters. The maximum Gasteiger partial charge on any atom is 0.224 e. The molecule has 0 saturated heterocycles. The van der Waals surface area contributed by atoms with Crippen molar-refractivity contribution in [3.05, 3.63) is 0 Å². The van der Waals surface area contributed by atoms with Gasteiger partial charge in [0.25, 0.3) is 0 Å². The molecule has 0 aromatic heterocycles. The highest BCUT2D eigenvalue weighted by atomic mass is 16.1. The fourth-order valence-corrected chi connectivity index (χ4v) is 2.87. The van der Waals surface area contributed by atoms with Crippen molar-refractivity contribution in [2.45, 2.75) is 58.8 Å².